The van der Waals surface area contributed by atoms with Gasteiger partial charge in [-0.1, -0.05) is 11.6 Å². The monoisotopic (exact) mass is 304 g/mol. The molecule has 106 valence electrons. The van der Waals surface area contributed by atoms with Gasteiger partial charge in [0, 0.05) is 18.2 Å². The van der Waals surface area contributed by atoms with Gasteiger partial charge in [0.1, 0.15) is 0 Å². The molecule has 0 aromatic heterocycles. The van der Waals surface area contributed by atoms with Gasteiger partial charge in [-0.2, -0.15) is 0 Å². The normalized spacial score (nSPS) is 23.7. The van der Waals surface area contributed by atoms with Crippen molar-refractivity contribution in [3.8, 4) is 0 Å². The van der Waals surface area contributed by atoms with E-state index in [-0.39, 0.29) is 23.6 Å². The molecule has 0 spiro atoms. The minimum absolute atomic E-state index is 0.115. The fourth-order valence-corrected chi connectivity index (χ4v) is 3.61. The molecule has 2 atom stereocenters. The first-order valence-corrected chi connectivity index (χ1v) is 7.92. The van der Waals surface area contributed by atoms with Crippen LogP contribution in [0.3, 0.4) is 0 Å². The summed E-state index contributed by atoms with van der Waals surface area (Å²) in [5, 5.41) is 0.471. The summed E-state index contributed by atoms with van der Waals surface area (Å²) in [4.78, 5) is 0.177. The molecular weight excluding hydrogens is 288 g/mol. The largest absolute Gasteiger partial charge is 0.377 e. The minimum Gasteiger partial charge on any atom is -0.377 e. The summed E-state index contributed by atoms with van der Waals surface area (Å²) in [5.74, 6) is 0. The lowest BCUT2D eigenvalue weighted by Crippen LogP contribution is -2.39. The van der Waals surface area contributed by atoms with Gasteiger partial charge in [0.2, 0.25) is 10.0 Å². The molecule has 1 aliphatic heterocycles. The Bertz CT molecular complexity index is 562. The van der Waals surface area contributed by atoms with Gasteiger partial charge in [0.15, 0.2) is 0 Å². The zero-order valence-electron chi connectivity index (χ0n) is 10.6. The van der Waals surface area contributed by atoms with Crippen molar-refractivity contribution in [3.63, 3.8) is 0 Å². The Hall–Kier alpha value is -0.660. The van der Waals surface area contributed by atoms with E-state index in [0.29, 0.717) is 23.6 Å². The van der Waals surface area contributed by atoms with Crippen molar-refractivity contribution in [2.45, 2.75) is 36.9 Å². The third-order valence-electron chi connectivity index (χ3n) is 3.23. The standard InChI is InChI=1S/C12H17ClN2O3S/c1-8-12(4-5-18-8)15-19(16,17)10-2-3-11(13)9(6-10)7-14/h2-3,6,8,12,15H,4-5,7,14H2,1H3. The predicted molar refractivity (Wildman–Crippen MR) is 73.5 cm³/mol. The van der Waals surface area contributed by atoms with E-state index in [0.717, 1.165) is 0 Å². The number of ether oxygens (including phenoxy) is 1. The van der Waals surface area contributed by atoms with Crippen LogP contribution in [0.15, 0.2) is 23.1 Å². The smallest absolute Gasteiger partial charge is 0.240 e. The quantitative estimate of drug-likeness (QED) is 0.877. The first kappa shape index (κ1) is 14.7. The SMILES string of the molecule is CC1OCCC1NS(=O)(=O)c1ccc(Cl)c(CN)c1. The molecule has 19 heavy (non-hydrogen) atoms. The topological polar surface area (TPSA) is 81.4 Å². The second kappa shape index (κ2) is 5.76. The zero-order valence-corrected chi connectivity index (χ0v) is 12.2. The van der Waals surface area contributed by atoms with E-state index in [2.05, 4.69) is 4.72 Å². The fraction of sp³-hybridized carbons (Fsp3) is 0.500. The van der Waals surface area contributed by atoms with Crippen LogP contribution in [0.4, 0.5) is 0 Å². The van der Waals surface area contributed by atoms with Gasteiger partial charge in [-0.25, -0.2) is 13.1 Å². The summed E-state index contributed by atoms with van der Waals surface area (Å²) < 4.78 is 32.5. The Kier molecular flexibility index (Phi) is 4.47. The van der Waals surface area contributed by atoms with Crippen LogP contribution >= 0.6 is 11.6 Å². The number of nitrogens with one attached hydrogen (secondary N) is 1. The third-order valence-corrected chi connectivity index (χ3v) is 5.09. The second-order valence-electron chi connectivity index (χ2n) is 4.55. The number of hydrogen-bond donors (Lipinski definition) is 2. The van der Waals surface area contributed by atoms with Crippen LogP contribution in [0.25, 0.3) is 0 Å². The van der Waals surface area contributed by atoms with E-state index in [1.165, 1.54) is 12.1 Å². The first-order chi connectivity index (χ1) is 8.94. The molecule has 0 aliphatic carbocycles. The van der Waals surface area contributed by atoms with Crippen molar-refractivity contribution in [3.05, 3.63) is 28.8 Å². The number of sulfonamides is 1. The van der Waals surface area contributed by atoms with Gasteiger partial charge in [-0.15, -0.1) is 0 Å². The molecule has 1 saturated heterocycles. The molecule has 0 radical (unpaired) electrons. The lowest BCUT2D eigenvalue weighted by molar-refractivity contribution is 0.117. The summed E-state index contributed by atoms with van der Waals surface area (Å²) in [7, 11) is -3.57. The molecule has 1 heterocycles. The molecular formula is C12H17ClN2O3S. The number of rotatable bonds is 4. The van der Waals surface area contributed by atoms with E-state index in [1.807, 2.05) is 6.92 Å². The van der Waals surface area contributed by atoms with Gasteiger partial charge >= 0.3 is 0 Å². The summed E-state index contributed by atoms with van der Waals surface area (Å²) >= 11 is 5.92. The lowest BCUT2D eigenvalue weighted by Gasteiger charge is -2.16. The van der Waals surface area contributed by atoms with Crippen LogP contribution in [0.2, 0.25) is 5.02 Å². The van der Waals surface area contributed by atoms with Gasteiger partial charge in [-0.3, -0.25) is 0 Å². The summed E-state index contributed by atoms with van der Waals surface area (Å²) in [6, 6.07) is 4.34. The number of nitrogens with two attached hydrogens (primary N) is 1. The van der Waals surface area contributed by atoms with Crippen molar-refractivity contribution in [2.75, 3.05) is 6.61 Å². The van der Waals surface area contributed by atoms with Gasteiger partial charge in [0.25, 0.3) is 0 Å². The maximum Gasteiger partial charge on any atom is 0.240 e. The van der Waals surface area contributed by atoms with Gasteiger partial charge < -0.3 is 10.5 Å². The highest BCUT2D eigenvalue weighted by atomic mass is 35.5. The van der Waals surface area contributed by atoms with Crippen LogP contribution in [0.5, 0.6) is 0 Å². The van der Waals surface area contributed by atoms with E-state index in [4.69, 9.17) is 22.1 Å². The molecule has 1 aromatic carbocycles. The van der Waals surface area contributed by atoms with E-state index >= 15 is 0 Å². The second-order valence-corrected chi connectivity index (χ2v) is 6.67. The highest BCUT2D eigenvalue weighted by Gasteiger charge is 2.29. The average Bonchev–Trinajstić information content (AvgIpc) is 2.74. The number of hydrogen-bond acceptors (Lipinski definition) is 4. The summed E-state index contributed by atoms with van der Waals surface area (Å²) in [5.41, 5.74) is 6.14. The highest BCUT2D eigenvalue weighted by molar-refractivity contribution is 7.89. The molecule has 2 rings (SSSR count). The van der Waals surface area contributed by atoms with Gasteiger partial charge in [-0.05, 0) is 37.1 Å². The Morgan fingerprint density at radius 3 is 2.84 bits per heavy atom. The minimum atomic E-state index is -3.57. The van der Waals surface area contributed by atoms with E-state index in [1.54, 1.807) is 6.07 Å². The Balaban J connectivity index is 2.24. The molecule has 1 aliphatic rings. The van der Waals surface area contributed by atoms with Crippen molar-refractivity contribution in [2.24, 2.45) is 5.73 Å². The van der Waals surface area contributed by atoms with E-state index < -0.39 is 10.0 Å². The molecule has 1 fully saturated rings. The van der Waals surface area contributed by atoms with Gasteiger partial charge in [0.05, 0.1) is 17.0 Å². The lowest BCUT2D eigenvalue weighted by atomic mass is 10.2. The number of halogens is 1. The Morgan fingerprint density at radius 2 is 2.26 bits per heavy atom. The highest BCUT2D eigenvalue weighted by Crippen LogP contribution is 2.21. The first-order valence-electron chi connectivity index (χ1n) is 6.06. The van der Waals surface area contributed by atoms with E-state index in [9.17, 15) is 8.42 Å². The van der Waals surface area contributed by atoms with Crippen molar-refractivity contribution in [1.82, 2.24) is 4.72 Å². The Morgan fingerprint density at radius 1 is 1.53 bits per heavy atom. The molecule has 2 unspecified atom stereocenters. The van der Waals surface area contributed by atoms with Crippen molar-refractivity contribution >= 4 is 21.6 Å². The van der Waals surface area contributed by atoms with Crippen LogP contribution in [0, 0.1) is 0 Å². The molecule has 0 saturated carbocycles. The third kappa shape index (κ3) is 3.27. The van der Waals surface area contributed by atoms with Crippen LogP contribution in [-0.4, -0.2) is 27.2 Å². The maximum atomic E-state index is 12.3. The molecule has 0 bridgehead atoms. The van der Waals surface area contributed by atoms with Crippen molar-refractivity contribution in [1.29, 1.82) is 0 Å². The van der Waals surface area contributed by atoms with Crippen LogP contribution in [0.1, 0.15) is 18.9 Å². The van der Waals surface area contributed by atoms with Crippen LogP contribution in [-0.2, 0) is 21.3 Å². The number of benzene rings is 1. The fourth-order valence-electron chi connectivity index (χ4n) is 2.03. The summed E-state index contributed by atoms with van der Waals surface area (Å²) in [6.07, 6.45) is 0.564. The zero-order chi connectivity index (χ0) is 14.0. The molecule has 3 N–H and O–H groups in total. The Labute approximate surface area is 118 Å². The average molecular weight is 305 g/mol. The van der Waals surface area contributed by atoms with Crippen molar-refractivity contribution < 1.29 is 13.2 Å². The maximum absolute atomic E-state index is 12.3. The summed E-state index contributed by atoms with van der Waals surface area (Å²) in [6.45, 7) is 2.63. The molecule has 7 heteroatoms. The predicted octanol–water partition coefficient (Wildman–Crippen LogP) is 1.25. The van der Waals surface area contributed by atoms with Crippen LogP contribution < -0.4 is 10.5 Å². The molecule has 1 aromatic rings. The molecule has 5 nitrogen and oxygen atoms in total. The molecule has 0 amide bonds.